The lowest BCUT2D eigenvalue weighted by Gasteiger charge is -2.25. The third kappa shape index (κ3) is 4.33. The summed E-state index contributed by atoms with van der Waals surface area (Å²) in [6.07, 6.45) is 14.7. The molecule has 0 saturated heterocycles. The number of hydrogen-bond acceptors (Lipinski definition) is 2. The molecule has 2 heteroatoms. The first kappa shape index (κ1) is 12.9. The van der Waals surface area contributed by atoms with Crippen LogP contribution in [-0.2, 0) is 9.53 Å². The maximum atomic E-state index is 12.1. The normalized spacial score (nSPS) is 24.9. The first-order chi connectivity index (χ1) is 8.36. The van der Waals surface area contributed by atoms with E-state index in [0.29, 0.717) is 0 Å². The third-order valence-electron chi connectivity index (χ3n) is 4.27. The Morgan fingerprint density at radius 1 is 0.706 bits per heavy atom. The Morgan fingerprint density at radius 2 is 1.18 bits per heavy atom. The minimum absolute atomic E-state index is 0.110. The molecule has 0 radical (unpaired) electrons. The van der Waals surface area contributed by atoms with E-state index in [9.17, 15) is 4.79 Å². The highest BCUT2D eigenvalue weighted by molar-refractivity contribution is 5.72. The molecule has 0 bridgehead atoms. The van der Waals surface area contributed by atoms with Gasteiger partial charge in [-0.15, -0.1) is 0 Å². The fraction of sp³-hybridized carbons (Fsp3) is 0.933. The lowest BCUT2D eigenvalue weighted by Crippen LogP contribution is -2.26. The van der Waals surface area contributed by atoms with E-state index >= 15 is 0 Å². The first-order valence-electron chi connectivity index (χ1n) is 7.57. The summed E-state index contributed by atoms with van der Waals surface area (Å²) >= 11 is 0. The van der Waals surface area contributed by atoms with Crippen molar-refractivity contribution in [2.45, 2.75) is 83.2 Å². The lowest BCUT2D eigenvalue weighted by atomic mass is 9.91. The van der Waals surface area contributed by atoms with E-state index in [0.717, 1.165) is 25.7 Å². The van der Waals surface area contributed by atoms with Crippen molar-refractivity contribution in [3.8, 4) is 0 Å². The second-order valence-electron chi connectivity index (χ2n) is 5.74. The van der Waals surface area contributed by atoms with Crippen molar-refractivity contribution in [2.24, 2.45) is 5.92 Å². The number of esters is 1. The summed E-state index contributed by atoms with van der Waals surface area (Å²) in [7, 11) is 0. The molecule has 0 N–H and O–H groups in total. The van der Waals surface area contributed by atoms with Crippen LogP contribution in [0.25, 0.3) is 0 Å². The molecule has 0 heterocycles. The Balaban J connectivity index is 1.76. The van der Waals surface area contributed by atoms with Crippen molar-refractivity contribution in [3.63, 3.8) is 0 Å². The topological polar surface area (TPSA) is 26.3 Å². The summed E-state index contributed by atoms with van der Waals surface area (Å²) in [6.45, 7) is 0. The van der Waals surface area contributed by atoms with E-state index in [2.05, 4.69) is 0 Å². The van der Waals surface area contributed by atoms with Gasteiger partial charge in [0.25, 0.3) is 0 Å². The van der Waals surface area contributed by atoms with Gasteiger partial charge in [0.15, 0.2) is 0 Å². The van der Waals surface area contributed by atoms with Crippen molar-refractivity contribution < 1.29 is 9.53 Å². The Kier molecular flexibility index (Phi) is 5.34. The minimum Gasteiger partial charge on any atom is -0.462 e. The molecule has 2 nitrogen and oxygen atoms in total. The van der Waals surface area contributed by atoms with Crippen LogP contribution in [0.3, 0.4) is 0 Å². The minimum atomic E-state index is 0.110. The van der Waals surface area contributed by atoms with Crippen molar-refractivity contribution in [1.29, 1.82) is 0 Å². The van der Waals surface area contributed by atoms with Crippen LogP contribution < -0.4 is 0 Å². The Morgan fingerprint density at radius 3 is 1.82 bits per heavy atom. The maximum Gasteiger partial charge on any atom is 0.309 e. The quantitative estimate of drug-likeness (QED) is 0.673. The predicted octanol–water partition coefficient (Wildman–Crippen LogP) is 4.22. The van der Waals surface area contributed by atoms with Gasteiger partial charge < -0.3 is 4.74 Å². The molecule has 2 aliphatic carbocycles. The third-order valence-corrected chi connectivity index (χ3v) is 4.27. The maximum absolute atomic E-state index is 12.1. The summed E-state index contributed by atoms with van der Waals surface area (Å²) < 4.78 is 5.69. The highest BCUT2D eigenvalue weighted by Crippen LogP contribution is 2.26. The van der Waals surface area contributed by atoms with Crippen LogP contribution in [0.2, 0.25) is 0 Å². The second-order valence-corrected chi connectivity index (χ2v) is 5.74. The molecule has 0 aromatic rings. The molecule has 17 heavy (non-hydrogen) atoms. The van der Waals surface area contributed by atoms with Gasteiger partial charge in [0, 0.05) is 0 Å². The van der Waals surface area contributed by atoms with Crippen molar-refractivity contribution in [1.82, 2.24) is 0 Å². The first-order valence-corrected chi connectivity index (χ1v) is 7.57. The smallest absolute Gasteiger partial charge is 0.309 e. The average molecular weight is 238 g/mol. The lowest BCUT2D eigenvalue weighted by molar-refractivity contribution is -0.156. The molecule has 2 saturated carbocycles. The summed E-state index contributed by atoms with van der Waals surface area (Å²) in [4.78, 5) is 12.1. The van der Waals surface area contributed by atoms with Crippen LogP contribution in [0.15, 0.2) is 0 Å². The largest absolute Gasteiger partial charge is 0.462 e. The van der Waals surface area contributed by atoms with Crippen molar-refractivity contribution in [2.75, 3.05) is 0 Å². The van der Waals surface area contributed by atoms with E-state index < -0.39 is 0 Å². The highest BCUT2D eigenvalue weighted by atomic mass is 16.5. The van der Waals surface area contributed by atoms with Crippen LogP contribution in [0.4, 0.5) is 0 Å². The Bertz CT molecular complexity index is 223. The van der Waals surface area contributed by atoms with E-state index in [1.54, 1.807) is 0 Å². The van der Waals surface area contributed by atoms with Gasteiger partial charge in [-0.2, -0.15) is 0 Å². The number of ether oxygens (including phenoxy) is 1. The molecule has 0 atom stereocenters. The van der Waals surface area contributed by atoms with E-state index in [1.165, 1.54) is 51.4 Å². The van der Waals surface area contributed by atoms with E-state index in [4.69, 9.17) is 4.74 Å². The summed E-state index contributed by atoms with van der Waals surface area (Å²) in [5, 5.41) is 0. The van der Waals surface area contributed by atoms with Gasteiger partial charge in [-0.1, -0.05) is 38.5 Å². The molecule has 0 aliphatic heterocycles. The van der Waals surface area contributed by atoms with Gasteiger partial charge in [0.2, 0.25) is 0 Å². The van der Waals surface area contributed by atoms with Crippen LogP contribution in [0.1, 0.15) is 77.0 Å². The van der Waals surface area contributed by atoms with Crippen molar-refractivity contribution >= 4 is 5.97 Å². The monoisotopic (exact) mass is 238 g/mol. The molecular formula is C15H26O2. The van der Waals surface area contributed by atoms with Crippen molar-refractivity contribution in [3.05, 3.63) is 0 Å². The van der Waals surface area contributed by atoms with Gasteiger partial charge >= 0.3 is 5.97 Å². The second kappa shape index (κ2) is 7.03. The number of rotatable bonds is 2. The van der Waals surface area contributed by atoms with Gasteiger partial charge in [0.05, 0.1) is 5.92 Å². The summed E-state index contributed by atoms with van der Waals surface area (Å²) in [5.41, 5.74) is 0. The molecule has 0 unspecified atom stereocenters. The van der Waals surface area contributed by atoms with E-state index in [1.807, 2.05) is 0 Å². The van der Waals surface area contributed by atoms with Gasteiger partial charge in [-0.3, -0.25) is 4.79 Å². The molecule has 0 aromatic carbocycles. The summed E-state index contributed by atoms with van der Waals surface area (Å²) in [5.74, 6) is 0.316. The number of hydrogen-bond donors (Lipinski definition) is 0. The molecule has 0 amide bonds. The van der Waals surface area contributed by atoms with Gasteiger partial charge in [-0.25, -0.2) is 0 Å². The van der Waals surface area contributed by atoms with Gasteiger partial charge in [0.1, 0.15) is 6.10 Å². The average Bonchev–Trinajstić information content (AvgIpc) is 2.29. The predicted molar refractivity (Wildman–Crippen MR) is 68.8 cm³/mol. The molecule has 0 spiro atoms. The molecule has 2 aliphatic rings. The van der Waals surface area contributed by atoms with E-state index in [-0.39, 0.29) is 18.0 Å². The fourth-order valence-corrected chi connectivity index (χ4v) is 3.14. The molecule has 98 valence electrons. The van der Waals surface area contributed by atoms with Gasteiger partial charge in [-0.05, 0) is 38.5 Å². The number of carbonyl (C=O) groups is 1. The van der Waals surface area contributed by atoms with Crippen LogP contribution in [0, 0.1) is 5.92 Å². The molecule has 2 fully saturated rings. The highest BCUT2D eigenvalue weighted by Gasteiger charge is 2.24. The number of carbonyl (C=O) groups excluding carboxylic acids is 1. The van der Waals surface area contributed by atoms with Crippen LogP contribution in [0.5, 0.6) is 0 Å². The van der Waals surface area contributed by atoms with Crippen LogP contribution in [-0.4, -0.2) is 12.1 Å². The summed E-state index contributed by atoms with van der Waals surface area (Å²) in [6, 6.07) is 0. The Hall–Kier alpha value is -0.530. The zero-order valence-electron chi connectivity index (χ0n) is 11.0. The fourth-order valence-electron chi connectivity index (χ4n) is 3.14. The van der Waals surface area contributed by atoms with Crippen LogP contribution >= 0.6 is 0 Å². The standard InChI is InChI=1S/C15H26O2/c16-15(17-14-11-7-4-8-12-14)13-9-5-2-1-3-6-10-13/h13-14H,1-12H2. The SMILES string of the molecule is O=C(OC1CCCCC1)C1CCCCCCC1. The molecular weight excluding hydrogens is 212 g/mol. The zero-order valence-corrected chi connectivity index (χ0v) is 11.0. The molecule has 0 aromatic heterocycles. The molecule has 2 rings (SSSR count). The Labute approximate surface area is 105 Å². The zero-order chi connectivity index (χ0) is 11.9.